The van der Waals surface area contributed by atoms with Crippen molar-refractivity contribution in [3.05, 3.63) is 23.8 Å². The van der Waals surface area contributed by atoms with Gasteiger partial charge in [-0.2, -0.15) is 0 Å². The SMILES string of the molecule is CCC(=O)Nc1ccc(C(=O)NCCOCCOCCOCCN)cc1NC(=O)CC. The van der Waals surface area contributed by atoms with Gasteiger partial charge in [0, 0.05) is 31.5 Å². The van der Waals surface area contributed by atoms with Gasteiger partial charge in [0.25, 0.3) is 5.91 Å². The molecule has 0 saturated heterocycles. The second-order valence-corrected chi connectivity index (χ2v) is 6.45. The lowest BCUT2D eigenvalue weighted by atomic mass is 10.1. The molecule has 0 aliphatic carbocycles. The lowest BCUT2D eigenvalue weighted by molar-refractivity contribution is -0.116. The highest BCUT2D eigenvalue weighted by atomic mass is 16.5. The molecule has 10 nitrogen and oxygen atoms in total. The number of carbonyl (C=O) groups is 3. The number of hydrogen-bond donors (Lipinski definition) is 4. The molecule has 0 saturated carbocycles. The van der Waals surface area contributed by atoms with Crippen LogP contribution in [0.1, 0.15) is 37.0 Å². The number of benzene rings is 1. The summed E-state index contributed by atoms with van der Waals surface area (Å²) in [5, 5.41) is 8.18. The van der Waals surface area contributed by atoms with Gasteiger partial charge >= 0.3 is 0 Å². The van der Waals surface area contributed by atoms with E-state index in [2.05, 4.69) is 16.0 Å². The molecule has 0 fully saturated rings. The van der Waals surface area contributed by atoms with Crippen molar-refractivity contribution in [3.63, 3.8) is 0 Å². The van der Waals surface area contributed by atoms with Crippen LogP contribution in [0.2, 0.25) is 0 Å². The minimum atomic E-state index is -0.308. The predicted molar refractivity (Wildman–Crippen MR) is 118 cm³/mol. The average molecular weight is 439 g/mol. The molecule has 0 aromatic heterocycles. The summed E-state index contributed by atoms with van der Waals surface area (Å²) >= 11 is 0. The quantitative estimate of drug-likeness (QED) is 0.283. The minimum Gasteiger partial charge on any atom is -0.378 e. The number of nitrogens with two attached hydrogens (primary N) is 1. The first-order valence-electron chi connectivity index (χ1n) is 10.5. The first kappa shape index (κ1) is 26.5. The Kier molecular flexibility index (Phi) is 13.9. The van der Waals surface area contributed by atoms with E-state index in [9.17, 15) is 14.4 Å². The molecule has 0 unspecified atom stereocenters. The van der Waals surface area contributed by atoms with E-state index in [-0.39, 0.29) is 24.1 Å². The standard InChI is InChI=1S/C21H34N4O6/c1-3-19(26)24-17-6-5-16(15-18(17)25-20(27)4-2)21(28)23-8-10-30-12-14-31-13-11-29-9-7-22/h5-6,15H,3-4,7-14,22H2,1-2H3,(H,23,28)(H,24,26)(H,25,27). The number of amides is 3. The van der Waals surface area contributed by atoms with E-state index in [1.165, 1.54) is 6.07 Å². The van der Waals surface area contributed by atoms with Crippen molar-refractivity contribution in [1.29, 1.82) is 0 Å². The molecule has 0 atom stereocenters. The molecule has 0 heterocycles. The fourth-order valence-electron chi connectivity index (χ4n) is 2.34. The summed E-state index contributed by atoms with van der Waals surface area (Å²) in [6, 6.07) is 4.72. The third-order valence-corrected chi connectivity index (χ3v) is 4.01. The number of ether oxygens (including phenoxy) is 3. The van der Waals surface area contributed by atoms with Crippen LogP contribution in [-0.2, 0) is 23.8 Å². The van der Waals surface area contributed by atoms with Gasteiger partial charge in [-0.1, -0.05) is 13.8 Å². The van der Waals surface area contributed by atoms with Crippen molar-refractivity contribution in [3.8, 4) is 0 Å². The van der Waals surface area contributed by atoms with E-state index in [1.807, 2.05) is 0 Å². The van der Waals surface area contributed by atoms with Crippen molar-refractivity contribution in [2.75, 3.05) is 63.4 Å². The molecule has 31 heavy (non-hydrogen) atoms. The Morgan fingerprint density at radius 3 is 1.94 bits per heavy atom. The third-order valence-electron chi connectivity index (χ3n) is 4.01. The van der Waals surface area contributed by atoms with Crippen LogP contribution in [0.5, 0.6) is 0 Å². The second-order valence-electron chi connectivity index (χ2n) is 6.45. The number of hydrogen-bond acceptors (Lipinski definition) is 7. The van der Waals surface area contributed by atoms with Gasteiger partial charge in [-0.25, -0.2) is 0 Å². The molecule has 1 rings (SSSR count). The number of nitrogens with one attached hydrogen (secondary N) is 3. The molecule has 0 bridgehead atoms. The first-order chi connectivity index (χ1) is 15.0. The van der Waals surface area contributed by atoms with Crippen LogP contribution in [0.15, 0.2) is 18.2 Å². The average Bonchev–Trinajstić information content (AvgIpc) is 2.78. The summed E-state index contributed by atoms with van der Waals surface area (Å²) < 4.78 is 15.9. The molecular weight excluding hydrogens is 404 g/mol. The summed E-state index contributed by atoms with van der Waals surface area (Å²) in [6.07, 6.45) is 0.579. The normalized spacial score (nSPS) is 10.5. The van der Waals surface area contributed by atoms with Crippen LogP contribution in [0.4, 0.5) is 11.4 Å². The topological polar surface area (TPSA) is 141 Å². The smallest absolute Gasteiger partial charge is 0.251 e. The van der Waals surface area contributed by atoms with Crippen LogP contribution in [0.3, 0.4) is 0 Å². The fraction of sp³-hybridized carbons (Fsp3) is 0.571. The molecule has 10 heteroatoms. The maximum atomic E-state index is 12.4. The van der Waals surface area contributed by atoms with Gasteiger partial charge in [0.05, 0.1) is 51.0 Å². The zero-order chi connectivity index (χ0) is 22.9. The van der Waals surface area contributed by atoms with Gasteiger partial charge in [0.15, 0.2) is 0 Å². The highest BCUT2D eigenvalue weighted by molar-refractivity contribution is 6.02. The van der Waals surface area contributed by atoms with E-state index in [4.69, 9.17) is 19.9 Å². The van der Waals surface area contributed by atoms with Crippen molar-refractivity contribution < 1.29 is 28.6 Å². The fourth-order valence-corrected chi connectivity index (χ4v) is 2.34. The van der Waals surface area contributed by atoms with Gasteiger partial charge in [0.1, 0.15) is 0 Å². The number of anilines is 2. The Hall–Kier alpha value is -2.53. The molecule has 0 spiro atoms. The van der Waals surface area contributed by atoms with Gasteiger partial charge in [0.2, 0.25) is 11.8 Å². The molecule has 5 N–H and O–H groups in total. The van der Waals surface area contributed by atoms with Crippen LogP contribution >= 0.6 is 0 Å². The highest BCUT2D eigenvalue weighted by Gasteiger charge is 2.13. The van der Waals surface area contributed by atoms with E-state index in [1.54, 1.807) is 26.0 Å². The molecule has 1 aromatic rings. The maximum absolute atomic E-state index is 12.4. The van der Waals surface area contributed by atoms with E-state index >= 15 is 0 Å². The van der Waals surface area contributed by atoms with Crippen molar-refractivity contribution in [2.45, 2.75) is 26.7 Å². The molecule has 0 aliphatic heterocycles. The number of rotatable bonds is 16. The van der Waals surface area contributed by atoms with E-state index in [0.29, 0.717) is 76.1 Å². The van der Waals surface area contributed by atoms with Crippen LogP contribution in [0.25, 0.3) is 0 Å². The zero-order valence-electron chi connectivity index (χ0n) is 18.3. The van der Waals surface area contributed by atoms with Crippen molar-refractivity contribution in [1.82, 2.24) is 5.32 Å². The Bertz CT molecular complexity index is 698. The maximum Gasteiger partial charge on any atom is 0.251 e. The van der Waals surface area contributed by atoms with Gasteiger partial charge in [-0.05, 0) is 18.2 Å². The van der Waals surface area contributed by atoms with Gasteiger partial charge in [-0.3, -0.25) is 14.4 Å². The van der Waals surface area contributed by atoms with Gasteiger partial charge < -0.3 is 35.9 Å². The second kappa shape index (κ2) is 16.2. The monoisotopic (exact) mass is 438 g/mol. The zero-order valence-corrected chi connectivity index (χ0v) is 18.3. The molecule has 174 valence electrons. The summed E-state index contributed by atoms with van der Waals surface area (Å²) in [5.41, 5.74) is 6.50. The molecule has 0 aliphatic rings. The molecular formula is C21H34N4O6. The Morgan fingerprint density at radius 2 is 1.35 bits per heavy atom. The summed E-state index contributed by atoms with van der Waals surface area (Å²) in [6.45, 7) is 6.93. The third kappa shape index (κ3) is 11.4. The van der Waals surface area contributed by atoms with E-state index < -0.39 is 0 Å². The summed E-state index contributed by atoms with van der Waals surface area (Å²) in [5.74, 6) is -0.711. The lowest BCUT2D eigenvalue weighted by Crippen LogP contribution is -2.28. The molecule has 1 aromatic carbocycles. The van der Waals surface area contributed by atoms with Crippen molar-refractivity contribution in [2.24, 2.45) is 5.73 Å². The number of carbonyl (C=O) groups excluding carboxylic acids is 3. The first-order valence-corrected chi connectivity index (χ1v) is 10.5. The predicted octanol–water partition coefficient (Wildman–Crippen LogP) is 1.12. The minimum absolute atomic E-state index is 0.187. The molecule has 3 amide bonds. The van der Waals surface area contributed by atoms with Crippen LogP contribution in [-0.4, -0.2) is 70.5 Å². The largest absolute Gasteiger partial charge is 0.378 e. The van der Waals surface area contributed by atoms with Crippen LogP contribution < -0.4 is 21.7 Å². The van der Waals surface area contributed by atoms with Gasteiger partial charge in [-0.15, -0.1) is 0 Å². The Balaban J connectivity index is 2.42. The molecule has 0 radical (unpaired) electrons. The van der Waals surface area contributed by atoms with Crippen molar-refractivity contribution >= 4 is 29.1 Å². The summed E-state index contributed by atoms with van der Waals surface area (Å²) in [7, 11) is 0. The Morgan fingerprint density at radius 1 is 0.806 bits per heavy atom. The van der Waals surface area contributed by atoms with Crippen LogP contribution in [0, 0.1) is 0 Å². The highest BCUT2D eigenvalue weighted by Crippen LogP contribution is 2.24. The summed E-state index contributed by atoms with van der Waals surface area (Å²) in [4.78, 5) is 35.9. The Labute approximate surface area is 183 Å². The van der Waals surface area contributed by atoms with E-state index in [0.717, 1.165) is 0 Å². The lowest BCUT2D eigenvalue weighted by Gasteiger charge is -2.14.